The number of nitrogens with one attached hydrogen (secondary N) is 1. The van der Waals surface area contributed by atoms with Crippen molar-refractivity contribution in [2.45, 2.75) is 87.1 Å². The number of amides is 1. The first kappa shape index (κ1) is 23.4. The van der Waals surface area contributed by atoms with E-state index < -0.39 is 26.8 Å². The van der Waals surface area contributed by atoms with E-state index in [4.69, 9.17) is 4.55 Å². The van der Waals surface area contributed by atoms with Crippen molar-refractivity contribution >= 4 is 16.0 Å². The molecule has 0 rings (SSSR count). The van der Waals surface area contributed by atoms with E-state index in [1.165, 1.54) is 0 Å². The summed E-state index contributed by atoms with van der Waals surface area (Å²) in [6, 6.07) is 0. The molecule has 0 aliphatic heterocycles. The molecule has 144 valence electrons. The van der Waals surface area contributed by atoms with Crippen LogP contribution in [0.3, 0.4) is 0 Å². The molecule has 0 aliphatic rings. The maximum absolute atomic E-state index is 13.2. The molecule has 0 fully saturated rings. The molecule has 6 heteroatoms. The first-order valence-electron chi connectivity index (χ1n) is 8.69. The monoisotopic (exact) mass is 363 g/mol. The Balaban J connectivity index is 5.72. The number of hydrogen-bond donors (Lipinski definition) is 2. The zero-order chi connectivity index (χ0) is 19.6. The molecule has 1 unspecified atom stereocenters. The van der Waals surface area contributed by atoms with Gasteiger partial charge in [0.1, 0.15) is 0 Å². The van der Waals surface area contributed by atoms with Gasteiger partial charge in [0.25, 0.3) is 10.1 Å². The molecule has 24 heavy (non-hydrogen) atoms. The summed E-state index contributed by atoms with van der Waals surface area (Å²) in [5.41, 5.74) is -1.95. The molecular formula is C18H37NO4S. The van der Waals surface area contributed by atoms with Crippen LogP contribution in [0, 0.1) is 16.2 Å². The van der Waals surface area contributed by atoms with Crippen LogP contribution in [0.5, 0.6) is 0 Å². The highest BCUT2D eigenvalue weighted by Crippen LogP contribution is 2.50. The molecule has 0 aromatic rings. The van der Waals surface area contributed by atoms with E-state index in [0.29, 0.717) is 6.42 Å². The Bertz CT molecular complexity index is 549. The summed E-state index contributed by atoms with van der Waals surface area (Å²) < 4.78 is 31.5. The van der Waals surface area contributed by atoms with Crippen LogP contribution in [0.1, 0.15) is 81.6 Å². The van der Waals surface area contributed by atoms with Crippen molar-refractivity contribution in [2.24, 2.45) is 16.2 Å². The Labute approximate surface area is 148 Å². The molecule has 0 bridgehead atoms. The van der Waals surface area contributed by atoms with Gasteiger partial charge in [0.2, 0.25) is 5.91 Å². The third kappa shape index (κ3) is 6.36. The van der Waals surface area contributed by atoms with Crippen LogP contribution in [0.4, 0.5) is 0 Å². The molecule has 5 nitrogen and oxygen atoms in total. The number of carbonyl (C=O) groups excluding carboxylic acids is 1. The SMILES string of the molecule is CCC(C)(C)CC(C)(C(=O)NC(C)(C)CS(=O)(=O)O)C(C)(C)CC. The highest BCUT2D eigenvalue weighted by Gasteiger charge is 2.49. The fraction of sp³-hybridized carbons (Fsp3) is 0.944. The Morgan fingerprint density at radius 3 is 1.75 bits per heavy atom. The highest BCUT2D eigenvalue weighted by molar-refractivity contribution is 7.85. The summed E-state index contributed by atoms with van der Waals surface area (Å²) in [6.45, 7) is 17.8. The lowest BCUT2D eigenvalue weighted by Gasteiger charge is -2.47. The first-order chi connectivity index (χ1) is 10.4. The van der Waals surface area contributed by atoms with Crippen LogP contribution in [0.25, 0.3) is 0 Å². The second-order valence-electron chi connectivity index (χ2n) is 9.33. The Kier molecular flexibility index (Phi) is 7.13. The van der Waals surface area contributed by atoms with Crippen molar-refractivity contribution in [3.8, 4) is 0 Å². The van der Waals surface area contributed by atoms with Gasteiger partial charge in [0.15, 0.2) is 0 Å². The Morgan fingerprint density at radius 1 is 0.958 bits per heavy atom. The average molecular weight is 364 g/mol. The molecule has 1 amide bonds. The molecule has 0 aromatic carbocycles. The van der Waals surface area contributed by atoms with Crippen molar-refractivity contribution in [2.75, 3.05) is 5.75 Å². The quantitative estimate of drug-likeness (QED) is 0.606. The second-order valence-corrected chi connectivity index (χ2v) is 10.8. The fourth-order valence-corrected chi connectivity index (χ4v) is 4.02. The van der Waals surface area contributed by atoms with Crippen LogP contribution in [-0.4, -0.2) is 30.2 Å². The van der Waals surface area contributed by atoms with Gasteiger partial charge in [-0.2, -0.15) is 8.42 Å². The van der Waals surface area contributed by atoms with Crippen LogP contribution < -0.4 is 5.32 Å². The summed E-state index contributed by atoms with van der Waals surface area (Å²) in [5, 5.41) is 2.86. The average Bonchev–Trinajstić information content (AvgIpc) is 2.34. The number of hydrogen-bond acceptors (Lipinski definition) is 3. The van der Waals surface area contributed by atoms with E-state index in [0.717, 1.165) is 12.8 Å². The minimum absolute atomic E-state index is 0.00821. The summed E-state index contributed by atoms with van der Waals surface area (Å²) in [7, 11) is -4.17. The van der Waals surface area contributed by atoms with Gasteiger partial charge in [0, 0.05) is 0 Å². The minimum Gasteiger partial charge on any atom is -0.350 e. The zero-order valence-electron chi connectivity index (χ0n) is 16.9. The van der Waals surface area contributed by atoms with Gasteiger partial charge in [-0.1, -0.05) is 54.9 Å². The zero-order valence-corrected chi connectivity index (χ0v) is 17.7. The van der Waals surface area contributed by atoms with Crippen molar-refractivity contribution < 1.29 is 17.8 Å². The van der Waals surface area contributed by atoms with Crippen molar-refractivity contribution in [1.82, 2.24) is 5.32 Å². The predicted molar refractivity (Wildman–Crippen MR) is 99.5 cm³/mol. The highest BCUT2D eigenvalue weighted by atomic mass is 32.2. The fourth-order valence-electron chi connectivity index (χ4n) is 3.04. The van der Waals surface area contributed by atoms with Crippen LogP contribution in [0.15, 0.2) is 0 Å². The van der Waals surface area contributed by atoms with E-state index in [1.54, 1.807) is 13.8 Å². The van der Waals surface area contributed by atoms with Gasteiger partial charge in [-0.05, 0) is 37.5 Å². The third-order valence-electron chi connectivity index (χ3n) is 5.66. The molecule has 0 heterocycles. The summed E-state index contributed by atoms with van der Waals surface area (Å²) in [5.74, 6) is -0.671. The molecule has 1 atom stereocenters. The topological polar surface area (TPSA) is 83.5 Å². The molecule has 0 saturated heterocycles. The van der Waals surface area contributed by atoms with Gasteiger partial charge in [-0.3, -0.25) is 9.35 Å². The number of rotatable bonds is 9. The van der Waals surface area contributed by atoms with E-state index in [2.05, 4.69) is 46.9 Å². The molecule has 0 spiro atoms. The van der Waals surface area contributed by atoms with Crippen molar-refractivity contribution in [3.63, 3.8) is 0 Å². The maximum Gasteiger partial charge on any atom is 0.267 e. The molecule has 0 aromatic heterocycles. The molecule has 0 aliphatic carbocycles. The summed E-state index contributed by atoms with van der Waals surface area (Å²) in [4.78, 5) is 13.2. The predicted octanol–water partition coefficient (Wildman–Crippen LogP) is 4.04. The number of carbonyl (C=O) groups is 1. The van der Waals surface area contributed by atoms with Gasteiger partial charge in [-0.15, -0.1) is 0 Å². The van der Waals surface area contributed by atoms with Crippen LogP contribution >= 0.6 is 0 Å². The van der Waals surface area contributed by atoms with Gasteiger partial charge in [-0.25, -0.2) is 0 Å². The van der Waals surface area contributed by atoms with E-state index in [1.807, 2.05) is 6.92 Å². The lowest BCUT2D eigenvalue weighted by molar-refractivity contribution is -0.141. The van der Waals surface area contributed by atoms with Crippen LogP contribution in [0.2, 0.25) is 0 Å². The third-order valence-corrected chi connectivity index (χ3v) is 6.75. The Hall–Kier alpha value is -0.620. The first-order valence-corrected chi connectivity index (χ1v) is 10.3. The molecule has 0 radical (unpaired) electrons. The minimum atomic E-state index is -4.17. The summed E-state index contributed by atoms with van der Waals surface area (Å²) in [6.07, 6.45) is 2.48. The standard InChI is InChI=1S/C18H37NO4S/c1-10-15(3,4)12-18(9,16(5,6)11-2)14(20)19-17(7,8)13-24(21,22)23/h10-13H2,1-9H3,(H,19,20)(H,21,22,23). The maximum atomic E-state index is 13.2. The molecular weight excluding hydrogens is 326 g/mol. The van der Waals surface area contributed by atoms with Crippen molar-refractivity contribution in [1.29, 1.82) is 0 Å². The summed E-state index contributed by atoms with van der Waals surface area (Å²) >= 11 is 0. The van der Waals surface area contributed by atoms with Crippen LogP contribution in [-0.2, 0) is 14.9 Å². The lowest BCUT2D eigenvalue weighted by Crippen LogP contribution is -2.57. The smallest absolute Gasteiger partial charge is 0.267 e. The largest absolute Gasteiger partial charge is 0.350 e. The molecule has 2 N–H and O–H groups in total. The van der Waals surface area contributed by atoms with Gasteiger partial charge in [0.05, 0.1) is 16.7 Å². The van der Waals surface area contributed by atoms with Gasteiger partial charge >= 0.3 is 0 Å². The normalized spacial score (nSPS) is 16.6. The Morgan fingerprint density at radius 2 is 1.42 bits per heavy atom. The van der Waals surface area contributed by atoms with Crippen molar-refractivity contribution in [3.05, 3.63) is 0 Å². The second kappa shape index (κ2) is 7.32. The van der Waals surface area contributed by atoms with E-state index in [-0.39, 0.29) is 16.7 Å². The van der Waals surface area contributed by atoms with E-state index >= 15 is 0 Å². The van der Waals surface area contributed by atoms with Gasteiger partial charge < -0.3 is 5.32 Å². The van der Waals surface area contributed by atoms with E-state index in [9.17, 15) is 13.2 Å². The lowest BCUT2D eigenvalue weighted by atomic mass is 9.58. The molecule has 0 saturated carbocycles.